The fraction of sp³-hybridized carbons (Fsp3) is 0.0556. The second-order valence-electron chi connectivity index (χ2n) is 4.74. The molecule has 1 aromatic carbocycles. The highest BCUT2D eigenvalue weighted by Gasteiger charge is 2.06. The van der Waals surface area contributed by atoms with Crippen molar-refractivity contribution in [3.8, 4) is 11.3 Å². The van der Waals surface area contributed by atoms with E-state index in [1.54, 1.807) is 18.6 Å². The van der Waals surface area contributed by atoms with Crippen molar-refractivity contribution in [2.24, 2.45) is 0 Å². The summed E-state index contributed by atoms with van der Waals surface area (Å²) in [6.07, 6.45) is 6.49. The molecule has 4 nitrogen and oxygen atoms in total. The zero-order valence-corrected chi connectivity index (χ0v) is 11.9. The van der Waals surface area contributed by atoms with Gasteiger partial charge in [-0.1, -0.05) is 30.3 Å². The van der Waals surface area contributed by atoms with Gasteiger partial charge in [0.1, 0.15) is 17.8 Å². The van der Waals surface area contributed by atoms with Gasteiger partial charge in [-0.15, -0.1) is 0 Å². The number of rotatable bonds is 5. The first-order valence-corrected chi connectivity index (χ1v) is 6.93. The SMILES string of the molecule is O=C(C=Cc1ccccc1)NCc1ccc(-c2ccoc2)o1. The summed E-state index contributed by atoms with van der Waals surface area (Å²) in [6, 6.07) is 15.2. The van der Waals surface area contributed by atoms with Gasteiger partial charge in [-0.05, 0) is 29.8 Å². The van der Waals surface area contributed by atoms with E-state index in [9.17, 15) is 4.79 Å². The minimum atomic E-state index is -0.162. The predicted octanol–water partition coefficient (Wildman–Crippen LogP) is 3.87. The molecule has 2 aromatic heterocycles. The van der Waals surface area contributed by atoms with E-state index in [0.717, 1.165) is 16.9 Å². The number of benzene rings is 1. The van der Waals surface area contributed by atoms with E-state index in [-0.39, 0.29) is 5.91 Å². The molecule has 0 saturated carbocycles. The maximum Gasteiger partial charge on any atom is 0.244 e. The molecule has 0 fully saturated rings. The summed E-state index contributed by atoms with van der Waals surface area (Å²) in [6.45, 7) is 0.343. The third kappa shape index (κ3) is 3.55. The third-order valence-corrected chi connectivity index (χ3v) is 3.13. The van der Waals surface area contributed by atoms with Crippen molar-refractivity contribution in [3.63, 3.8) is 0 Å². The Morgan fingerprint density at radius 3 is 2.73 bits per heavy atom. The van der Waals surface area contributed by atoms with Crippen LogP contribution in [0.2, 0.25) is 0 Å². The maximum absolute atomic E-state index is 11.8. The van der Waals surface area contributed by atoms with Crippen LogP contribution in [0.15, 0.2) is 76.0 Å². The Morgan fingerprint density at radius 2 is 1.95 bits per heavy atom. The van der Waals surface area contributed by atoms with Gasteiger partial charge in [0.25, 0.3) is 0 Å². The fourth-order valence-corrected chi connectivity index (χ4v) is 2.00. The summed E-state index contributed by atoms with van der Waals surface area (Å²) in [5.74, 6) is 1.25. The topological polar surface area (TPSA) is 55.4 Å². The van der Waals surface area contributed by atoms with Crippen molar-refractivity contribution in [2.45, 2.75) is 6.54 Å². The molecule has 0 spiro atoms. The molecule has 4 heteroatoms. The van der Waals surface area contributed by atoms with Crippen LogP contribution < -0.4 is 5.32 Å². The first kappa shape index (κ1) is 13.9. The van der Waals surface area contributed by atoms with Crippen molar-refractivity contribution < 1.29 is 13.6 Å². The van der Waals surface area contributed by atoms with E-state index >= 15 is 0 Å². The van der Waals surface area contributed by atoms with Gasteiger partial charge in [0.15, 0.2) is 0 Å². The van der Waals surface area contributed by atoms with Crippen molar-refractivity contribution in [3.05, 3.63) is 78.5 Å². The van der Waals surface area contributed by atoms with Gasteiger partial charge in [0.2, 0.25) is 5.91 Å². The smallest absolute Gasteiger partial charge is 0.244 e. The van der Waals surface area contributed by atoms with E-state index in [1.807, 2.05) is 48.5 Å². The van der Waals surface area contributed by atoms with Crippen LogP contribution in [0.4, 0.5) is 0 Å². The first-order valence-electron chi connectivity index (χ1n) is 6.93. The maximum atomic E-state index is 11.8. The molecular weight excluding hydrogens is 278 g/mol. The van der Waals surface area contributed by atoms with Crippen LogP contribution >= 0.6 is 0 Å². The minimum absolute atomic E-state index is 0.162. The molecule has 0 atom stereocenters. The Kier molecular flexibility index (Phi) is 4.20. The predicted molar refractivity (Wildman–Crippen MR) is 83.7 cm³/mol. The standard InChI is InChI=1S/C18H15NO3/c20-18(9-6-14-4-2-1-3-5-14)19-12-16-7-8-17(22-16)15-10-11-21-13-15/h1-11,13H,12H2,(H,19,20). The minimum Gasteiger partial charge on any atom is -0.472 e. The number of nitrogens with one attached hydrogen (secondary N) is 1. The number of carbonyl (C=O) groups excluding carboxylic acids is 1. The van der Waals surface area contributed by atoms with Crippen LogP contribution in [0.5, 0.6) is 0 Å². The van der Waals surface area contributed by atoms with E-state index < -0.39 is 0 Å². The molecule has 3 aromatic rings. The van der Waals surface area contributed by atoms with Crippen LogP contribution in [-0.4, -0.2) is 5.91 Å². The summed E-state index contributed by atoms with van der Waals surface area (Å²) < 4.78 is 10.7. The number of hydrogen-bond donors (Lipinski definition) is 1. The third-order valence-electron chi connectivity index (χ3n) is 3.13. The number of hydrogen-bond acceptors (Lipinski definition) is 3. The highest BCUT2D eigenvalue weighted by Crippen LogP contribution is 2.22. The summed E-state index contributed by atoms with van der Waals surface area (Å²) >= 11 is 0. The van der Waals surface area contributed by atoms with Crippen LogP contribution in [-0.2, 0) is 11.3 Å². The molecule has 0 aliphatic heterocycles. The quantitative estimate of drug-likeness (QED) is 0.726. The average molecular weight is 293 g/mol. The van der Waals surface area contributed by atoms with Gasteiger partial charge >= 0.3 is 0 Å². The van der Waals surface area contributed by atoms with E-state index in [2.05, 4.69) is 5.32 Å². The summed E-state index contributed by atoms with van der Waals surface area (Å²) in [5.41, 5.74) is 1.86. The number of amides is 1. The molecule has 110 valence electrons. The Balaban J connectivity index is 1.54. The number of furan rings is 2. The lowest BCUT2D eigenvalue weighted by molar-refractivity contribution is -0.116. The average Bonchev–Trinajstić information content (AvgIpc) is 3.22. The van der Waals surface area contributed by atoms with E-state index in [0.29, 0.717) is 12.3 Å². The van der Waals surface area contributed by atoms with Gasteiger partial charge in [-0.25, -0.2) is 0 Å². The van der Waals surface area contributed by atoms with Crippen LogP contribution in [0.3, 0.4) is 0 Å². The molecule has 0 aliphatic carbocycles. The Hall–Kier alpha value is -3.01. The van der Waals surface area contributed by atoms with E-state index in [1.165, 1.54) is 6.08 Å². The van der Waals surface area contributed by atoms with Crippen LogP contribution in [0, 0.1) is 0 Å². The van der Waals surface area contributed by atoms with Gasteiger partial charge in [-0.2, -0.15) is 0 Å². The van der Waals surface area contributed by atoms with Crippen molar-refractivity contribution in [1.82, 2.24) is 5.32 Å². The lowest BCUT2D eigenvalue weighted by Gasteiger charge is -1.99. The number of carbonyl (C=O) groups is 1. The Labute approximate surface area is 128 Å². The summed E-state index contributed by atoms with van der Waals surface area (Å²) in [5, 5.41) is 2.78. The Bertz CT molecular complexity index is 755. The second kappa shape index (κ2) is 6.63. The molecular formula is C18H15NO3. The molecule has 0 aliphatic rings. The molecule has 3 rings (SSSR count). The molecule has 0 unspecified atom stereocenters. The molecule has 0 saturated heterocycles. The van der Waals surface area contributed by atoms with Gasteiger partial charge in [-0.3, -0.25) is 4.79 Å². The molecule has 0 bridgehead atoms. The van der Waals surface area contributed by atoms with Gasteiger partial charge in [0, 0.05) is 6.08 Å². The highest BCUT2D eigenvalue weighted by atomic mass is 16.3. The first-order chi connectivity index (χ1) is 10.8. The zero-order valence-electron chi connectivity index (χ0n) is 11.9. The molecule has 1 N–H and O–H groups in total. The lowest BCUT2D eigenvalue weighted by Crippen LogP contribution is -2.19. The van der Waals surface area contributed by atoms with Crippen molar-refractivity contribution in [2.75, 3.05) is 0 Å². The van der Waals surface area contributed by atoms with Gasteiger partial charge < -0.3 is 14.2 Å². The zero-order chi connectivity index (χ0) is 15.2. The molecule has 1 amide bonds. The van der Waals surface area contributed by atoms with Crippen LogP contribution in [0.25, 0.3) is 17.4 Å². The highest BCUT2D eigenvalue weighted by molar-refractivity contribution is 5.91. The fourth-order valence-electron chi connectivity index (χ4n) is 2.00. The summed E-state index contributed by atoms with van der Waals surface area (Å²) in [4.78, 5) is 11.8. The normalized spacial score (nSPS) is 10.9. The van der Waals surface area contributed by atoms with Crippen molar-refractivity contribution >= 4 is 12.0 Å². The monoisotopic (exact) mass is 293 g/mol. The molecule has 0 radical (unpaired) electrons. The lowest BCUT2D eigenvalue weighted by atomic mass is 10.2. The van der Waals surface area contributed by atoms with Gasteiger partial charge in [0.05, 0.1) is 18.4 Å². The van der Waals surface area contributed by atoms with Crippen molar-refractivity contribution in [1.29, 1.82) is 0 Å². The second-order valence-corrected chi connectivity index (χ2v) is 4.74. The largest absolute Gasteiger partial charge is 0.472 e. The molecule has 22 heavy (non-hydrogen) atoms. The summed E-state index contributed by atoms with van der Waals surface area (Å²) in [7, 11) is 0. The van der Waals surface area contributed by atoms with Crippen LogP contribution in [0.1, 0.15) is 11.3 Å². The van der Waals surface area contributed by atoms with E-state index in [4.69, 9.17) is 8.83 Å². The molecule has 2 heterocycles. The Morgan fingerprint density at radius 1 is 1.09 bits per heavy atom.